The van der Waals surface area contributed by atoms with Crippen molar-refractivity contribution in [3.63, 3.8) is 0 Å². The van der Waals surface area contributed by atoms with E-state index >= 15 is 0 Å². The summed E-state index contributed by atoms with van der Waals surface area (Å²) in [6.07, 6.45) is 3.40. The van der Waals surface area contributed by atoms with E-state index in [0.717, 1.165) is 5.56 Å². The second kappa shape index (κ2) is 4.39. The minimum Gasteiger partial charge on any atom is -0.263 e. The third-order valence-electron chi connectivity index (χ3n) is 2.83. The van der Waals surface area contributed by atoms with Gasteiger partial charge in [0.2, 0.25) is 0 Å². The fraction of sp³-hybridized carbons (Fsp3) is 0.200. The van der Waals surface area contributed by atoms with Crippen LogP contribution >= 0.6 is 0 Å². The molecule has 0 amide bonds. The van der Waals surface area contributed by atoms with E-state index in [2.05, 4.69) is 44.0 Å². The number of pyridine rings is 1. The van der Waals surface area contributed by atoms with E-state index in [1.807, 2.05) is 12.3 Å². The number of benzene rings is 1. The van der Waals surface area contributed by atoms with Gasteiger partial charge in [0.1, 0.15) is 6.07 Å². The highest BCUT2D eigenvalue weighted by Crippen LogP contribution is 2.28. The molecule has 0 saturated carbocycles. The molecule has 17 heavy (non-hydrogen) atoms. The Hall–Kier alpha value is -2.14. The number of hydrogen-bond donors (Lipinski definition) is 0. The summed E-state index contributed by atoms with van der Waals surface area (Å²) in [5.74, 6) is 0. The molecule has 84 valence electrons. The van der Waals surface area contributed by atoms with Gasteiger partial charge in [0.05, 0.1) is 5.56 Å². The van der Waals surface area contributed by atoms with Crippen molar-refractivity contribution in [2.45, 2.75) is 20.8 Å². The Kier molecular flexibility index (Phi) is 2.93. The van der Waals surface area contributed by atoms with Crippen molar-refractivity contribution >= 4 is 0 Å². The lowest BCUT2D eigenvalue weighted by molar-refractivity contribution is 1.27. The van der Waals surface area contributed by atoms with Crippen LogP contribution < -0.4 is 0 Å². The molecule has 2 heteroatoms. The topological polar surface area (TPSA) is 36.7 Å². The molecule has 0 fully saturated rings. The van der Waals surface area contributed by atoms with Gasteiger partial charge >= 0.3 is 0 Å². The molecule has 0 unspecified atom stereocenters. The molecule has 1 aromatic heterocycles. The maximum atomic E-state index is 8.90. The fourth-order valence-electron chi connectivity index (χ4n) is 2.27. The quantitative estimate of drug-likeness (QED) is 0.739. The number of aryl methyl sites for hydroxylation is 3. The van der Waals surface area contributed by atoms with Crippen LogP contribution in [0.3, 0.4) is 0 Å². The van der Waals surface area contributed by atoms with Crippen molar-refractivity contribution in [2.24, 2.45) is 0 Å². The van der Waals surface area contributed by atoms with Crippen LogP contribution in [-0.2, 0) is 0 Å². The SMILES string of the molecule is Cc1cc(C)c(-c2cncc(C#N)c2)c(C)c1. The third kappa shape index (κ3) is 2.19. The number of hydrogen-bond acceptors (Lipinski definition) is 2. The van der Waals surface area contributed by atoms with E-state index in [0.29, 0.717) is 5.56 Å². The lowest BCUT2D eigenvalue weighted by Crippen LogP contribution is -1.91. The normalized spacial score (nSPS) is 10.0. The van der Waals surface area contributed by atoms with Gasteiger partial charge in [0.25, 0.3) is 0 Å². The molecule has 0 spiro atoms. The molecule has 0 aliphatic heterocycles. The number of nitrogens with zero attached hydrogens (tertiary/aromatic N) is 2. The van der Waals surface area contributed by atoms with Crippen LogP contribution in [0.25, 0.3) is 11.1 Å². The second-order valence-electron chi connectivity index (χ2n) is 4.35. The number of rotatable bonds is 1. The molecule has 0 saturated heterocycles. The first-order chi connectivity index (χ1) is 8.11. The van der Waals surface area contributed by atoms with E-state index in [9.17, 15) is 0 Å². The van der Waals surface area contributed by atoms with Gasteiger partial charge in [-0.15, -0.1) is 0 Å². The second-order valence-corrected chi connectivity index (χ2v) is 4.35. The van der Waals surface area contributed by atoms with Gasteiger partial charge < -0.3 is 0 Å². The van der Waals surface area contributed by atoms with E-state index in [1.165, 1.54) is 22.3 Å². The summed E-state index contributed by atoms with van der Waals surface area (Å²) in [4.78, 5) is 4.11. The molecule has 0 atom stereocenters. The van der Waals surface area contributed by atoms with Crippen LogP contribution in [0.2, 0.25) is 0 Å². The zero-order valence-electron chi connectivity index (χ0n) is 10.3. The predicted molar refractivity (Wildman–Crippen MR) is 68.6 cm³/mol. The monoisotopic (exact) mass is 222 g/mol. The van der Waals surface area contributed by atoms with E-state index in [-0.39, 0.29) is 0 Å². The van der Waals surface area contributed by atoms with Crippen molar-refractivity contribution in [3.05, 3.63) is 52.8 Å². The fourth-order valence-corrected chi connectivity index (χ4v) is 2.27. The van der Waals surface area contributed by atoms with Crippen molar-refractivity contribution in [1.82, 2.24) is 4.98 Å². The van der Waals surface area contributed by atoms with Crippen molar-refractivity contribution in [3.8, 4) is 17.2 Å². The highest BCUT2D eigenvalue weighted by molar-refractivity contribution is 5.71. The molecule has 0 aliphatic carbocycles. The Morgan fingerprint density at radius 1 is 1.00 bits per heavy atom. The highest BCUT2D eigenvalue weighted by atomic mass is 14.6. The zero-order valence-corrected chi connectivity index (χ0v) is 10.3. The largest absolute Gasteiger partial charge is 0.263 e. The predicted octanol–water partition coefficient (Wildman–Crippen LogP) is 3.55. The Bertz CT molecular complexity index is 584. The smallest absolute Gasteiger partial charge is 0.101 e. The molecular formula is C15H14N2. The third-order valence-corrected chi connectivity index (χ3v) is 2.83. The summed E-state index contributed by atoms with van der Waals surface area (Å²) in [6, 6.07) is 8.32. The summed E-state index contributed by atoms with van der Waals surface area (Å²) in [7, 11) is 0. The van der Waals surface area contributed by atoms with Crippen molar-refractivity contribution in [2.75, 3.05) is 0 Å². The van der Waals surface area contributed by atoms with E-state index in [1.54, 1.807) is 6.20 Å². The molecular weight excluding hydrogens is 208 g/mol. The van der Waals surface area contributed by atoms with Crippen molar-refractivity contribution in [1.29, 1.82) is 5.26 Å². The number of nitriles is 1. The molecule has 0 bridgehead atoms. The molecule has 0 N–H and O–H groups in total. The van der Waals surface area contributed by atoms with Crippen LogP contribution in [0.1, 0.15) is 22.3 Å². The summed E-state index contributed by atoms with van der Waals surface area (Å²) >= 11 is 0. The maximum Gasteiger partial charge on any atom is 0.101 e. The summed E-state index contributed by atoms with van der Waals surface area (Å²) in [5.41, 5.74) is 6.49. The lowest BCUT2D eigenvalue weighted by Gasteiger charge is -2.11. The van der Waals surface area contributed by atoms with Gasteiger partial charge in [-0.25, -0.2) is 0 Å². The van der Waals surface area contributed by atoms with E-state index in [4.69, 9.17) is 5.26 Å². The van der Waals surface area contributed by atoms with Gasteiger partial charge in [0.15, 0.2) is 0 Å². The molecule has 0 aliphatic rings. The van der Waals surface area contributed by atoms with Gasteiger partial charge in [-0.05, 0) is 43.5 Å². The van der Waals surface area contributed by atoms with Gasteiger partial charge in [-0.2, -0.15) is 5.26 Å². The van der Waals surface area contributed by atoms with Gasteiger partial charge in [-0.1, -0.05) is 17.7 Å². The first kappa shape index (κ1) is 11.3. The Morgan fingerprint density at radius 3 is 2.24 bits per heavy atom. The Labute approximate surface area is 102 Å². The molecule has 0 radical (unpaired) electrons. The Morgan fingerprint density at radius 2 is 1.65 bits per heavy atom. The lowest BCUT2D eigenvalue weighted by atomic mass is 9.94. The van der Waals surface area contributed by atoms with Gasteiger partial charge in [-0.3, -0.25) is 4.98 Å². The minimum absolute atomic E-state index is 0.599. The zero-order chi connectivity index (χ0) is 12.4. The highest BCUT2D eigenvalue weighted by Gasteiger charge is 2.07. The van der Waals surface area contributed by atoms with Crippen LogP contribution in [0.5, 0.6) is 0 Å². The van der Waals surface area contributed by atoms with Gasteiger partial charge in [0, 0.05) is 18.0 Å². The van der Waals surface area contributed by atoms with Crippen molar-refractivity contribution < 1.29 is 0 Å². The van der Waals surface area contributed by atoms with Crippen LogP contribution in [-0.4, -0.2) is 4.98 Å². The van der Waals surface area contributed by atoms with Crippen LogP contribution in [0, 0.1) is 32.1 Å². The standard InChI is InChI=1S/C15H14N2/c1-10-4-11(2)15(12(3)5-10)14-6-13(7-16)8-17-9-14/h4-6,8-9H,1-3H3. The molecule has 1 heterocycles. The first-order valence-electron chi connectivity index (χ1n) is 5.55. The molecule has 2 rings (SSSR count). The summed E-state index contributed by atoms with van der Waals surface area (Å²) in [6.45, 7) is 6.27. The molecule has 2 nitrogen and oxygen atoms in total. The van der Waals surface area contributed by atoms with Crippen LogP contribution in [0.15, 0.2) is 30.6 Å². The minimum atomic E-state index is 0.599. The van der Waals surface area contributed by atoms with Crippen LogP contribution in [0.4, 0.5) is 0 Å². The average Bonchev–Trinajstić information content (AvgIpc) is 2.28. The molecule has 2 aromatic rings. The Balaban J connectivity index is 2.65. The number of aromatic nitrogens is 1. The maximum absolute atomic E-state index is 8.90. The average molecular weight is 222 g/mol. The summed E-state index contributed by atoms with van der Waals surface area (Å²) < 4.78 is 0. The first-order valence-corrected chi connectivity index (χ1v) is 5.55. The molecule has 1 aromatic carbocycles. The summed E-state index contributed by atoms with van der Waals surface area (Å²) in [5, 5.41) is 8.90. The van der Waals surface area contributed by atoms with E-state index < -0.39 is 0 Å².